The van der Waals surface area contributed by atoms with Gasteiger partial charge in [0, 0.05) is 5.54 Å². The third-order valence-electron chi connectivity index (χ3n) is 2.64. The maximum absolute atomic E-state index is 11.8. The summed E-state index contributed by atoms with van der Waals surface area (Å²) in [5, 5.41) is 3.29. The molecule has 0 atom stereocenters. The summed E-state index contributed by atoms with van der Waals surface area (Å²) < 4.78 is 0. The van der Waals surface area contributed by atoms with Crippen molar-refractivity contribution >= 4 is 11.6 Å². The molecule has 0 rings (SSSR count). The van der Waals surface area contributed by atoms with Gasteiger partial charge in [-0.25, -0.2) is 0 Å². The Balaban J connectivity index is 4.54. The number of Topliss-reactive ketones (excluding diaryl/α,β-unsaturated/α-hetero) is 2. The standard InChI is InChI=1S/C12H23NO2/c1-7-11(3,4)13-12(5,6)10(15)8-9(2)14/h13H,7-8H2,1-6H3. The molecule has 0 aliphatic carbocycles. The normalized spacial score (nSPS) is 12.7. The Kier molecular flexibility index (Phi) is 4.65. The lowest BCUT2D eigenvalue weighted by atomic mass is 9.90. The van der Waals surface area contributed by atoms with E-state index in [9.17, 15) is 9.59 Å². The van der Waals surface area contributed by atoms with Gasteiger partial charge in [-0.3, -0.25) is 9.59 Å². The molecule has 88 valence electrons. The van der Waals surface area contributed by atoms with Gasteiger partial charge in [-0.15, -0.1) is 0 Å². The number of hydrogen-bond donors (Lipinski definition) is 1. The molecule has 0 radical (unpaired) electrons. The molecule has 1 N–H and O–H groups in total. The van der Waals surface area contributed by atoms with E-state index in [4.69, 9.17) is 0 Å². The van der Waals surface area contributed by atoms with Crippen LogP contribution in [0, 0.1) is 0 Å². The quantitative estimate of drug-likeness (QED) is 0.687. The molecular formula is C12H23NO2. The van der Waals surface area contributed by atoms with Crippen LogP contribution in [0.15, 0.2) is 0 Å². The number of ketones is 2. The lowest BCUT2D eigenvalue weighted by Crippen LogP contribution is -2.56. The van der Waals surface area contributed by atoms with E-state index in [2.05, 4.69) is 26.1 Å². The van der Waals surface area contributed by atoms with Crippen molar-refractivity contribution in [3.05, 3.63) is 0 Å². The van der Waals surface area contributed by atoms with Crippen LogP contribution in [0.2, 0.25) is 0 Å². The van der Waals surface area contributed by atoms with Crippen molar-refractivity contribution in [3.63, 3.8) is 0 Å². The fraction of sp³-hybridized carbons (Fsp3) is 0.833. The van der Waals surface area contributed by atoms with Crippen molar-refractivity contribution in [2.45, 2.75) is 65.5 Å². The molecule has 0 saturated heterocycles. The van der Waals surface area contributed by atoms with E-state index >= 15 is 0 Å². The first-order valence-electron chi connectivity index (χ1n) is 5.43. The van der Waals surface area contributed by atoms with E-state index in [0.717, 1.165) is 6.42 Å². The number of carbonyl (C=O) groups is 2. The topological polar surface area (TPSA) is 46.2 Å². The molecule has 0 spiro atoms. The molecule has 3 nitrogen and oxygen atoms in total. The van der Waals surface area contributed by atoms with Crippen LogP contribution in [0.3, 0.4) is 0 Å². The molecule has 0 heterocycles. The maximum atomic E-state index is 11.8. The van der Waals surface area contributed by atoms with E-state index in [1.807, 2.05) is 13.8 Å². The zero-order chi connectivity index (χ0) is 12.3. The summed E-state index contributed by atoms with van der Waals surface area (Å²) in [4.78, 5) is 22.7. The van der Waals surface area contributed by atoms with Crippen LogP contribution in [-0.2, 0) is 9.59 Å². The van der Waals surface area contributed by atoms with E-state index in [1.54, 1.807) is 0 Å². The van der Waals surface area contributed by atoms with Crippen LogP contribution in [0.1, 0.15) is 54.4 Å². The SMILES string of the molecule is CCC(C)(C)NC(C)(C)C(=O)CC(C)=O. The Bertz CT molecular complexity index is 254. The Hall–Kier alpha value is -0.700. The van der Waals surface area contributed by atoms with Gasteiger partial charge in [0.2, 0.25) is 0 Å². The highest BCUT2D eigenvalue weighted by Gasteiger charge is 2.32. The summed E-state index contributed by atoms with van der Waals surface area (Å²) in [6.45, 7) is 11.3. The van der Waals surface area contributed by atoms with Gasteiger partial charge in [0.05, 0.1) is 12.0 Å². The summed E-state index contributed by atoms with van der Waals surface area (Å²) >= 11 is 0. The molecule has 3 heteroatoms. The number of rotatable bonds is 6. The first-order valence-corrected chi connectivity index (χ1v) is 5.43. The monoisotopic (exact) mass is 213 g/mol. The first-order chi connectivity index (χ1) is 6.60. The van der Waals surface area contributed by atoms with Crippen molar-refractivity contribution in [2.75, 3.05) is 0 Å². The number of hydrogen-bond acceptors (Lipinski definition) is 3. The molecule has 0 bridgehead atoms. The highest BCUT2D eigenvalue weighted by molar-refractivity contribution is 6.02. The van der Waals surface area contributed by atoms with Gasteiger partial charge in [0.15, 0.2) is 5.78 Å². The molecule has 0 amide bonds. The van der Waals surface area contributed by atoms with Crippen LogP contribution in [-0.4, -0.2) is 22.6 Å². The zero-order valence-corrected chi connectivity index (χ0v) is 10.7. The average molecular weight is 213 g/mol. The molecule has 0 aromatic heterocycles. The van der Waals surface area contributed by atoms with Crippen LogP contribution in [0.4, 0.5) is 0 Å². The Morgan fingerprint density at radius 2 is 1.60 bits per heavy atom. The Labute approximate surface area is 92.6 Å². The van der Waals surface area contributed by atoms with Gasteiger partial charge in [-0.1, -0.05) is 6.92 Å². The van der Waals surface area contributed by atoms with Crippen molar-refractivity contribution < 1.29 is 9.59 Å². The average Bonchev–Trinajstić information content (AvgIpc) is 2.01. The van der Waals surface area contributed by atoms with Gasteiger partial charge in [0.1, 0.15) is 5.78 Å². The molecule has 0 aliphatic rings. The van der Waals surface area contributed by atoms with Crippen molar-refractivity contribution in [3.8, 4) is 0 Å². The molecule has 0 aromatic rings. The summed E-state index contributed by atoms with van der Waals surface area (Å²) in [6, 6.07) is 0. The predicted molar refractivity (Wildman–Crippen MR) is 61.9 cm³/mol. The van der Waals surface area contributed by atoms with Crippen LogP contribution in [0.25, 0.3) is 0 Å². The molecule has 0 aromatic carbocycles. The second kappa shape index (κ2) is 4.88. The molecule has 0 aliphatic heterocycles. The van der Waals surface area contributed by atoms with E-state index in [-0.39, 0.29) is 23.5 Å². The number of nitrogens with one attached hydrogen (secondary N) is 1. The van der Waals surface area contributed by atoms with Gasteiger partial charge in [-0.2, -0.15) is 0 Å². The lowest BCUT2D eigenvalue weighted by Gasteiger charge is -2.35. The first kappa shape index (κ1) is 14.3. The predicted octanol–water partition coefficient (Wildman–Crippen LogP) is 2.09. The highest BCUT2D eigenvalue weighted by Crippen LogP contribution is 2.16. The minimum atomic E-state index is -0.634. The fourth-order valence-corrected chi connectivity index (χ4v) is 1.45. The summed E-state index contributed by atoms with van der Waals surface area (Å²) in [6.07, 6.45) is 0.948. The lowest BCUT2D eigenvalue weighted by molar-refractivity contribution is -0.130. The van der Waals surface area contributed by atoms with Crippen LogP contribution in [0.5, 0.6) is 0 Å². The van der Waals surface area contributed by atoms with Gasteiger partial charge in [0.25, 0.3) is 0 Å². The highest BCUT2D eigenvalue weighted by atomic mass is 16.1. The van der Waals surface area contributed by atoms with Gasteiger partial charge < -0.3 is 5.32 Å². The number of carbonyl (C=O) groups excluding carboxylic acids is 2. The van der Waals surface area contributed by atoms with E-state index in [0.29, 0.717) is 0 Å². The molecule has 0 fully saturated rings. The smallest absolute Gasteiger partial charge is 0.159 e. The summed E-state index contributed by atoms with van der Waals surface area (Å²) in [5.74, 6) is -0.124. The van der Waals surface area contributed by atoms with Gasteiger partial charge in [-0.05, 0) is 41.0 Å². The van der Waals surface area contributed by atoms with Crippen LogP contribution >= 0.6 is 0 Å². The fourth-order valence-electron chi connectivity index (χ4n) is 1.45. The van der Waals surface area contributed by atoms with Crippen molar-refractivity contribution in [2.24, 2.45) is 0 Å². The third-order valence-corrected chi connectivity index (χ3v) is 2.64. The Morgan fingerprint density at radius 3 is 1.93 bits per heavy atom. The van der Waals surface area contributed by atoms with E-state index in [1.165, 1.54) is 6.92 Å². The molecule has 0 saturated carbocycles. The minimum absolute atomic E-state index is 0.0137. The van der Waals surface area contributed by atoms with Crippen molar-refractivity contribution in [1.82, 2.24) is 5.32 Å². The molecule has 0 unspecified atom stereocenters. The van der Waals surface area contributed by atoms with Crippen LogP contribution < -0.4 is 5.32 Å². The van der Waals surface area contributed by atoms with Gasteiger partial charge >= 0.3 is 0 Å². The largest absolute Gasteiger partial charge is 0.300 e. The maximum Gasteiger partial charge on any atom is 0.159 e. The second-order valence-corrected chi connectivity index (χ2v) is 5.29. The second-order valence-electron chi connectivity index (χ2n) is 5.29. The summed E-state index contributed by atoms with van der Waals surface area (Å²) in [5.41, 5.74) is -0.721. The Morgan fingerprint density at radius 1 is 1.13 bits per heavy atom. The van der Waals surface area contributed by atoms with E-state index < -0.39 is 5.54 Å². The minimum Gasteiger partial charge on any atom is -0.300 e. The molecule has 15 heavy (non-hydrogen) atoms. The summed E-state index contributed by atoms with van der Waals surface area (Å²) in [7, 11) is 0. The zero-order valence-electron chi connectivity index (χ0n) is 10.7. The van der Waals surface area contributed by atoms with Crippen molar-refractivity contribution in [1.29, 1.82) is 0 Å². The third kappa shape index (κ3) is 5.07. The molecular weight excluding hydrogens is 190 g/mol.